The first-order valence-corrected chi connectivity index (χ1v) is 6.49. The molecule has 1 saturated heterocycles. The summed E-state index contributed by atoms with van der Waals surface area (Å²) < 4.78 is 0. The Balaban J connectivity index is 2.01. The molecule has 0 bridgehead atoms. The van der Waals surface area contributed by atoms with Gasteiger partial charge in [0.05, 0.1) is 12.1 Å². The highest BCUT2D eigenvalue weighted by atomic mass is 16.2. The Morgan fingerprint density at radius 3 is 2.89 bits per heavy atom. The number of carbonyl (C=O) groups is 1. The summed E-state index contributed by atoms with van der Waals surface area (Å²) in [6, 6.07) is 1.73. The van der Waals surface area contributed by atoms with Crippen LogP contribution in [0, 0.1) is 11.8 Å². The molecule has 100 valence electrons. The summed E-state index contributed by atoms with van der Waals surface area (Å²) >= 11 is 0. The van der Waals surface area contributed by atoms with Gasteiger partial charge in [-0.25, -0.2) is 5.01 Å². The van der Waals surface area contributed by atoms with Crippen LogP contribution >= 0.6 is 0 Å². The Morgan fingerprint density at radius 1 is 1.37 bits per heavy atom. The van der Waals surface area contributed by atoms with Crippen LogP contribution in [-0.2, 0) is 0 Å². The first-order valence-electron chi connectivity index (χ1n) is 6.49. The molecule has 1 aliphatic rings. The zero-order chi connectivity index (χ0) is 13.5. The third kappa shape index (κ3) is 4.05. The molecule has 1 aliphatic heterocycles. The topological polar surface area (TPSA) is 71.2 Å². The Morgan fingerprint density at radius 2 is 2.16 bits per heavy atom. The van der Waals surface area contributed by atoms with Crippen molar-refractivity contribution in [3.05, 3.63) is 29.6 Å². The molecule has 3 N–H and O–H groups in total. The average Bonchev–Trinajstić information content (AvgIpc) is 2.46. The number of nitrogens with one attached hydrogen (secondary N) is 1. The quantitative estimate of drug-likeness (QED) is 0.759. The normalized spacial score (nSPS) is 15.4. The number of pyridine rings is 1. The van der Waals surface area contributed by atoms with E-state index in [1.54, 1.807) is 18.5 Å². The zero-order valence-electron chi connectivity index (χ0n) is 10.9. The molecular formula is C14H18N4O. The molecule has 19 heavy (non-hydrogen) atoms. The standard InChI is InChI=1S/C14H18N4O/c15-6-4-5-12-9-13(11-16-10-12)14(19)17-18-7-2-1-3-8-18/h9-11H,1-3,6-8,15H2,(H,17,19). The predicted molar refractivity (Wildman–Crippen MR) is 73.1 cm³/mol. The summed E-state index contributed by atoms with van der Waals surface area (Å²) in [6.07, 6.45) is 6.66. The first-order chi connectivity index (χ1) is 9.29. The first kappa shape index (κ1) is 13.5. The highest BCUT2D eigenvalue weighted by Crippen LogP contribution is 2.07. The van der Waals surface area contributed by atoms with Crippen molar-refractivity contribution in [2.75, 3.05) is 19.6 Å². The number of aromatic nitrogens is 1. The molecule has 2 heterocycles. The van der Waals surface area contributed by atoms with Crippen molar-refractivity contribution < 1.29 is 4.79 Å². The van der Waals surface area contributed by atoms with Crippen LogP contribution in [0.5, 0.6) is 0 Å². The number of rotatable bonds is 2. The van der Waals surface area contributed by atoms with Crippen molar-refractivity contribution in [3.63, 3.8) is 0 Å². The summed E-state index contributed by atoms with van der Waals surface area (Å²) in [5, 5.41) is 1.96. The molecule has 0 unspecified atom stereocenters. The Hall–Kier alpha value is -1.90. The van der Waals surface area contributed by atoms with Crippen molar-refractivity contribution in [2.24, 2.45) is 5.73 Å². The number of nitrogens with zero attached hydrogens (tertiary/aromatic N) is 2. The van der Waals surface area contributed by atoms with Crippen molar-refractivity contribution in [1.82, 2.24) is 15.4 Å². The molecule has 1 amide bonds. The second-order valence-corrected chi connectivity index (χ2v) is 4.46. The predicted octanol–water partition coefficient (Wildman–Crippen LogP) is 0.522. The molecule has 1 fully saturated rings. The lowest BCUT2D eigenvalue weighted by molar-refractivity contribution is 0.0749. The number of hydrazine groups is 1. The molecule has 0 spiro atoms. The van der Waals surface area contributed by atoms with E-state index in [9.17, 15) is 4.79 Å². The maximum atomic E-state index is 12.1. The van der Waals surface area contributed by atoms with Crippen molar-refractivity contribution in [1.29, 1.82) is 0 Å². The number of hydrogen-bond acceptors (Lipinski definition) is 4. The van der Waals surface area contributed by atoms with Crippen molar-refractivity contribution in [3.8, 4) is 11.8 Å². The maximum Gasteiger partial charge on any atom is 0.267 e. The van der Waals surface area contributed by atoms with E-state index < -0.39 is 0 Å². The smallest absolute Gasteiger partial charge is 0.267 e. The number of amides is 1. The molecule has 0 aromatic carbocycles. The SMILES string of the molecule is NCC#Cc1cncc(C(=O)NN2CCCCC2)c1. The molecule has 0 aliphatic carbocycles. The number of carbonyl (C=O) groups excluding carboxylic acids is 1. The largest absolute Gasteiger partial charge is 0.320 e. The van der Waals surface area contributed by atoms with Crippen LogP contribution in [-0.4, -0.2) is 35.5 Å². The summed E-state index contributed by atoms with van der Waals surface area (Å²) in [7, 11) is 0. The van der Waals surface area contributed by atoms with Crippen LogP contribution in [0.3, 0.4) is 0 Å². The van der Waals surface area contributed by atoms with Gasteiger partial charge in [0.1, 0.15) is 0 Å². The lowest BCUT2D eigenvalue weighted by atomic mass is 10.1. The Kier molecular flexibility index (Phi) is 4.90. The van der Waals surface area contributed by atoms with Gasteiger partial charge in [-0.15, -0.1) is 0 Å². The molecule has 0 saturated carbocycles. The third-order valence-corrected chi connectivity index (χ3v) is 2.95. The van der Waals surface area contributed by atoms with Gasteiger partial charge < -0.3 is 5.73 Å². The van der Waals surface area contributed by atoms with E-state index in [4.69, 9.17) is 5.73 Å². The molecule has 1 aromatic heterocycles. The zero-order valence-corrected chi connectivity index (χ0v) is 10.9. The van der Waals surface area contributed by atoms with Gasteiger partial charge in [0.2, 0.25) is 0 Å². The van der Waals surface area contributed by atoms with E-state index in [-0.39, 0.29) is 5.91 Å². The maximum absolute atomic E-state index is 12.1. The summed E-state index contributed by atoms with van der Waals surface area (Å²) in [5.74, 6) is 5.49. The number of hydrogen-bond donors (Lipinski definition) is 2. The molecule has 0 atom stereocenters. The average molecular weight is 258 g/mol. The second kappa shape index (κ2) is 6.88. The Bertz CT molecular complexity index is 498. The van der Waals surface area contributed by atoms with E-state index in [1.807, 2.05) is 5.01 Å². The summed E-state index contributed by atoms with van der Waals surface area (Å²) in [5.41, 5.74) is 9.45. The van der Waals surface area contributed by atoms with E-state index >= 15 is 0 Å². The molecular weight excluding hydrogens is 240 g/mol. The van der Waals surface area contributed by atoms with E-state index in [2.05, 4.69) is 22.3 Å². The van der Waals surface area contributed by atoms with E-state index in [0.717, 1.165) is 25.9 Å². The highest BCUT2D eigenvalue weighted by Gasteiger charge is 2.14. The van der Waals surface area contributed by atoms with Gasteiger partial charge in [-0.3, -0.25) is 15.2 Å². The van der Waals surface area contributed by atoms with Crippen LogP contribution < -0.4 is 11.2 Å². The lowest BCUT2D eigenvalue weighted by Gasteiger charge is -2.26. The summed E-state index contributed by atoms with van der Waals surface area (Å²) in [4.78, 5) is 16.1. The van der Waals surface area contributed by atoms with Crippen LogP contribution in [0.25, 0.3) is 0 Å². The fourth-order valence-electron chi connectivity index (χ4n) is 2.00. The van der Waals surface area contributed by atoms with Crippen LogP contribution in [0.2, 0.25) is 0 Å². The highest BCUT2D eigenvalue weighted by molar-refractivity contribution is 5.93. The minimum absolute atomic E-state index is 0.134. The van der Waals surface area contributed by atoms with Crippen LogP contribution in [0.15, 0.2) is 18.5 Å². The van der Waals surface area contributed by atoms with Gasteiger partial charge in [0.25, 0.3) is 5.91 Å². The fraction of sp³-hybridized carbons (Fsp3) is 0.429. The van der Waals surface area contributed by atoms with E-state index in [1.165, 1.54) is 6.42 Å². The fourth-order valence-corrected chi connectivity index (χ4v) is 2.00. The second-order valence-electron chi connectivity index (χ2n) is 4.46. The van der Waals surface area contributed by atoms with Crippen LogP contribution in [0.4, 0.5) is 0 Å². The summed E-state index contributed by atoms with van der Waals surface area (Å²) in [6.45, 7) is 2.11. The van der Waals surface area contributed by atoms with Gasteiger partial charge in [0.15, 0.2) is 0 Å². The Labute approximate surface area is 113 Å². The third-order valence-electron chi connectivity index (χ3n) is 2.95. The van der Waals surface area contributed by atoms with Gasteiger partial charge >= 0.3 is 0 Å². The van der Waals surface area contributed by atoms with Gasteiger partial charge in [-0.2, -0.15) is 0 Å². The lowest BCUT2D eigenvalue weighted by Crippen LogP contribution is -2.45. The van der Waals surface area contributed by atoms with Gasteiger partial charge in [-0.1, -0.05) is 18.3 Å². The molecule has 0 radical (unpaired) electrons. The number of piperidine rings is 1. The molecule has 5 heteroatoms. The molecule has 2 rings (SSSR count). The number of nitrogens with two attached hydrogens (primary N) is 1. The molecule has 5 nitrogen and oxygen atoms in total. The van der Waals surface area contributed by atoms with E-state index in [0.29, 0.717) is 17.7 Å². The molecule has 1 aromatic rings. The van der Waals surface area contributed by atoms with Crippen LogP contribution in [0.1, 0.15) is 35.2 Å². The van der Waals surface area contributed by atoms with Crippen molar-refractivity contribution >= 4 is 5.91 Å². The minimum Gasteiger partial charge on any atom is -0.320 e. The van der Waals surface area contributed by atoms with Crippen molar-refractivity contribution in [2.45, 2.75) is 19.3 Å². The van der Waals surface area contributed by atoms with Gasteiger partial charge in [-0.05, 0) is 18.9 Å². The van der Waals surface area contributed by atoms with Gasteiger partial charge in [0, 0.05) is 31.0 Å². The monoisotopic (exact) mass is 258 g/mol. The minimum atomic E-state index is -0.134.